The first kappa shape index (κ1) is 58.9. The molecular weight excluding hydrogens is 769 g/mol. The van der Waals surface area contributed by atoms with Crippen LogP contribution in [-0.4, -0.2) is 37.2 Å². The van der Waals surface area contributed by atoms with Crippen LogP contribution in [0.1, 0.15) is 245 Å². The van der Waals surface area contributed by atoms with E-state index in [-0.39, 0.29) is 31.1 Å². The maximum absolute atomic E-state index is 12.8. The van der Waals surface area contributed by atoms with Gasteiger partial charge >= 0.3 is 17.9 Å². The standard InChI is InChI=1S/C56H96O6/c1-4-7-10-13-16-19-22-25-26-27-28-29-30-32-34-37-40-43-46-49-55(58)61-52-53(51-60-54(57)48-45-42-39-36-33-24-21-18-15-12-9-6-3)62-56(59)50-47-44-41-38-35-31-23-20-17-14-11-8-5-2/h7,10-11,14,16,19-20,23,25-26,28-29,53H,4-6,8-9,12-13,15,17-18,21-22,24,27,30-52H2,1-3H3/b10-7-,14-11-,19-16-,23-20-,26-25-,29-28-. The van der Waals surface area contributed by atoms with Crippen LogP contribution >= 0.6 is 0 Å². The summed E-state index contributed by atoms with van der Waals surface area (Å²) in [6, 6.07) is 0. The number of carbonyl (C=O) groups excluding carboxylic acids is 3. The summed E-state index contributed by atoms with van der Waals surface area (Å²) in [6.45, 7) is 6.44. The number of carbonyl (C=O) groups is 3. The van der Waals surface area contributed by atoms with E-state index in [0.717, 1.165) is 122 Å². The summed E-state index contributed by atoms with van der Waals surface area (Å²) in [5, 5.41) is 0. The van der Waals surface area contributed by atoms with Gasteiger partial charge in [-0.05, 0) is 83.5 Å². The third-order valence-corrected chi connectivity index (χ3v) is 10.9. The Morgan fingerprint density at radius 3 is 1.05 bits per heavy atom. The quantitative estimate of drug-likeness (QED) is 0.0262. The summed E-state index contributed by atoms with van der Waals surface area (Å²) in [4.78, 5) is 38.0. The van der Waals surface area contributed by atoms with Gasteiger partial charge in [0, 0.05) is 19.3 Å². The Kier molecular flexibility index (Phi) is 47.9. The van der Waals surface area contributed by atoms with Crippen LogP contribution in [0.3, 0.4) is 0 Å². The van der Waals surface area contributed by atoms with Gasteiger partial charge in [0.25, 0.3) is 0 Å². The fourth-order valence-corrected chi connectivity index (χ4v) is 7.06. The van der Waals surface area contributed by atoms with Crippen molar-refractivity contribution >= 4 is 17.9 Å². The minimum Gasteiger partial charge on any atom is -0.462 e. The summed E-state index contributed by atoms with van der Waals surface area (Å²) in [5.74, 6) is -0.911. The molecule has 0 N–H and O–H groups in total. The van der Waals surface area contributed by atoms with Crippen molar-refractivity contribution in [1.29, 1.82) is 0 Å². The van der Waals surface area contributed by atoms with E-state index in [9.17, 15) is 14.4 Å². The van der Waals surface area contributed by atoms with E-state index in [1.807, 2.05) is 0 Å². The monoisotopic (exact) mass is 865 g/mol. The molecule has 6 nitrogen and oxygen atoms in total. The largest absolute Gasteiger partial charge is 0.462 e. The van der Waals surface area contributed by atoms with Crippen molar-refractivity contribution in [3.63, 3.8) is 0 Å². The zero-order chi connectivity index (χ0) is 45.1. The lowest BCUT2D eigenvalue weighted by molar-refractivity contribution is -0.167. The van der Waals surface area contributed by atoms with Gasteiger partial charge in [0.1, 0.15) is 13.2 Å². The molecule has 6 heteroatoms. The highest BCUT2D eigenvalue weighted by atomic mass is 16.6. The Morgan fingerprint density at radius 1 is 0.339 bits per heavy atom. The second-order valence-corrected chi connectivity index (χ2v) is 17.1. The number of rotatable bonds is 46. The topological polar surface area (TPSA) is 78.9 Å². The molecule has 0 amide bonds. The van der Waals surface area contributed by atoms with Crippen molar-refractivity contribution in [3.05, 3.63) is 72.9 Å². The van der Waals surface area contributed by atoms with Crippen LogP contribution in [0.2, 0.25) is 0 Å². The average Bonchev–Trinajstić information content (AvgIpc) is 3.27. The van der Waals surface area contributed by atoms with Crippen molar-refractivity contribution in [2.45, 2.75) is 252 Å². The van der Waals surface area contributed by atoms with Gasteiger partial charge in [-0.3, -0.25) is 14.4 Å². The highest BCUT2D eigenvalue weighted by Crippen LogP contribution is 2.15. The second kappa shape index (κ2) is 50.5. The minimum absolute atomic E-state index is 0.0844. The van der Waals surface area contributed by atoms with Gasteiger partial charge in [-0.25, -0.2) is 0 Å². The summed E-state index contributed by atoms with van der Waals surface area (Å²) < 4.78 is 16.8. The fraction of sp³-hybridized carbons (Fsp3) is 0.732. The maximum atomic E-state index is 12.8. The molecule has 0 fully saturated rings. The Hall–Kier alpha value is -3.15. The van der Waals surface area contributed by atoms with Crippen molar-refractivity contribution in [2.75, 3.05) is 13.2 Å². The molecule has 0 aliphatic rings. The maximum Gasteiger partial charge on any atom is 0.306 e. The van der Waals surface area contributed by atoms with Gasteiger partial charge in [-0.2, -0.15) is 0 Å². The summed E-state index contributed by atoms with van der Waals surface area (Å²) in [7, 11) is 0. The number of esters is 3. The molecule has 0 heterocycles. The molecule has 0 aromatic carbocycles. The molecule has 62 heavy (non-hydrogen) atoms. The molecule has 0 aromatic rings. The van der Waals surface area contributed by atoms with Crippen molar-refractivity contribution in [1.82, 2.24) is 0 Å². The predicted molar refractivity (Wildman–Crippen MR) is 265 cm³/mol. The van der Waals surface area contributed by atoms with Crippen molar-refractivity contribution < 1.29 is 28.6 Å². The highest BCUT2D eigenvalue weighted by Gasteiger charge is 2.19. The lowest BCUT2D eigenvalue weighted by Gasteiger charge is -2.18. The molecule has 1 unspecified atom stereocenters. The minimum atomic E-state index is -0.786. The number of hydrogen-bond donors (Lipinski definition) is 0. The third-order valence-electron chi connectivity index (χ3n) is 10.9. The summed E-state index contributed by atoms with van der Waals surface area (Å²) in [6.07, 6.45) is 63.1. The van der Waals surface area contributed by atoms with Crippen LogP contribution in [0.4, 0.5) is 0 Å². The Morgan fingerprint density at radius 2 is 0.661 bits per heavy atom. The molecule has 0 saturated carbocycles. The van der Waals surface area contributed by atoms with Gasteiger partial charge in [-0.15, -0.1) is 0 Å². The normalized spacial score (nSPS) is 12.6. The van der Waals surface area contributed by atoms with Crippen LogP contribution in [0.25, 0.3) is 0 Å². The molecule has 0 bridgehead atoms. The number of ether oxygens (including phenoxy) is 3. The van der Waals surface area contributed by atoms with E-state index in [4.69, 9.17) is 14.2 Å². The first-order chi connectivity index (χ1) is 30.5. The first-order valence-electron chi connectivity index (χ1n) is 25.9. The van der Waals surface area contributed by atoms with E-state index in [2.05, 4.69) is 93.7 Å². The molecule has 356 valence electrons. The Balaban J connectivity index is 4.39. The molecular formula is C56H96O6. The molecule has 0 rings (SSSR count). The lowest BCUT2D eigenvalue weighted by atomic mass is 10.0. The van der Waals surface area contributed by atoms with Crippen LogP contribution in [0.15, 0.2) is 72.9 Å². The van der Waals surface area contributed by atoms with E-state index < -0.39 is 6.10 Å². The van der Waals surface area contributed by atoms with Crippen molar-refractivity contribution in [2.24, 2.45) is 0 Å². The number of hydrogen-bond acceptors (Lipinski definition) is 6. The molecule has 0 aliphatic heterocycles. The zero-order valence-electron chi connectivity index (χ0n) is 40.6. The molecule has 0 saturated heterocycles. The molecule has 0 aliphatic carbocycles. The SMILES string of the molecule is CC/C=C\C/C=C\C/C=C\C/C=C\CCCCCCCCC(=O)OCC(COC(=O)CCCCCCCCCCCCCC)OC(=O)CCCCCCC/C=C\C/C=C\CCC. The van der Waals surface area contributed by atoms with Gasteiger partial charge in [0.15, 0.2) is 6.10 Å². The van der Waals surface area contributed by atoms with Crippen LogP contribution in [0, 0.1) is 0 Å². The summed E-state index contributed by atoms with van der Waals surface area (Å²) in [5.41, 5.74) is 0. The van der Waals surface area contributed by atoms with Crippen LogP contribution in [0.5, 0.6) is 0 Å². The van der Waals surface area contributed by atoms with E-state index in [1.165, 1.54) is 83.5 Å². The molecule has 1 atom stereocenters. The zero-order valence-corrected chi connectivity index (χ0v) is 40.6. The second-order valence-electron chi connectivity index (χ2n) is 17.1. The van der Waals surface area contributed by atoms with E-state index >= 15 is 0 Å². The van der Waals surface area contributed by atoms with Crippen LogP contribution < -0.4 is 0 Å². The Bertz CT molecular complexity index is 1180. The predicted octanol–water partition coefficient (Wildman–Crippen LogP) is 17.0. The first-order valence-corrected chi connectivity index (χ1v) is 25.9. The lowest BCUT2D eigenvalue weighted by Crippen LogP contribution is -2.30. The van der Waals surface area contributed by atoms with Gasteiger partial charge in [0.2, 0.25) is 0 Å². The van der Waals surface area contributed by atoms with E-state index in [1.54, 1.807) is 0 Å². The van der Waals surface area contributed by atoms with Gasteiger partial charge < -0.3 is 14.2 Å². The molecule has 0 aromatic heterocycles. The molecule has 0 spiro atoms. The third kappa shape index (κ3) is 47.9. The number of unbranched alkanes of at least 4 members (excludes halogenated alkanes) is 23. The van der Waals surface area contributed by atoms with Crippen LogP contribution in [-0.2, 0) is 28.6 Å². The molecule has 0 radical (unpaired) electrons. The number of allylic oxidation sites excluding steroid dienone is 12. The Labute approximate surface area is 382 Å². The fourth-order valence-electron chi connectivity index (χ4n) is 7.06. The smallest absolute Gasteiger partial charge is 0.306 e. The summed E-state index contributed by atoms with van der Waals surface area (Å²) >= 11 is 0. The average molecular weight is 865 g/mol. The van der Waals surface area contributed by atoms with Gasteiger partial charge in [-0.1, -0.05) is 216 Å². The van der Waals surface area contributed by atoms with Crippen molar-refractivity contribution in [3.8, 4) is 0 Å². The van der Waals surface area contributed by atoms with E-state index in [0.29, 0.717) is 19.3 Å². The highest BCUT2D eigenvalue weighted by molar-refractivity contribution is 5.71. The van der Waals surface area contributed by atoms with Gasteiger partial charge in [0.05, 0.1) is 0 Å².